The van der Waals surface area contributed by atoms with Crippen molar-refractivity contribution in [3.63, 3.8) is 0 Å². The minimum Gasteiger partial charge on any atom is -0.480 e. The normalized spacial score (nSPS) is 14.2. The molecule has 2 aromatic rings. The monoisotopic (exact) mass is 349 g/mol. The van der Waals surface area contributed by atoms with E-state index < -0.39 is 29.6 Å². The van der Waals surface area contributed by atoms with Gasteiger partial charge in [-0.1, -0.05) is 0 Å². The van der Waals surface area contributed by atoms with Crippen LogP contribution in [0.15, 0.2) is 18.2 Å². The molecule has 8 heteroatoms. The number of likely N-dealkylation sites (N-methyl/N-ethyl adjacent to an activating group) is 1. The molecule has 1 aliphatic carbocycles. The van der Waals surface area contributed by atoms with Gasteiger partial charge in [-0.05, 0) is 38.3 Å². The molecule has 132 valence electrons. The third-order valence-corrected chi connectivity index (χ3v) is 4.54. The van der Waals surface area contributed by atoms with Crippen LogP contribution in [0.5, 0.6) is 0 Å². The molecular formula is C17H17F2N3O3. The summed E-state index contributed by atoms with van der Waals surface area (Å²) in [4.78, 5) is 24.9. The van der Waals surface area contributed by atoms with E-state index in [-0.39, 0.29) is 5.69 Å². The molecule has 0 radical (unpaired) electrons. The Kier molecular flexibility index (Phi) is 4.28. The Hall–Kier alpha value is -2.77. The standard InChI is InChI=1S/C17H17F2N3O3/c1-9(17(24)25)21(2)16(23)15-11-4-3-5-14(11)22(20-15)10-6-7-12(18)13(19)8-10/h6-9H,3-5H2,1-2H3,(H,24,25). The predicted molar refractivity (Wildman–Crippen MR) is 84.7 cm³/mol. The molecule has 0 saturated carbocycles. The van der Waals surface area contributed by atoms with Crippen molar-refractivity contribution < 1.29 is 23.5 Å². The van der Waals surface area contributed by atoms with E-state index in [2.05, 4.69) is 5.10 Å². The number of nitrogens with zero attached hydrogens (tertiary/aromatic N) is 3. The number of rotatable bonds is 4. The second-order valence-electron chi connectivity index (χ2n) is 6.07. The highest BCUT2D eigenvalue weighted by atomic mass is 19.2. The first-order valence-corrected chi connectivity index (χ1v) is 7.87. The Morgan fingerprint density at radius 2 is 2.00 bits per heavy atom. The Morgan fingerprint density at radius 1 is 1.28 bits per heavy atom. The summed E-state index contributed by atoms with van der Waals surface area (Å²) in [5, 5.41) is 13.4. The van der Waals surface area contributed by atoms with Gasteiger partial charge in [-0.3, -0.25) is 4.79 Å². The average molecular weight is 349 g/mol. The minimum atomic E-state index is -1.12. The molecule has 6 nitrogen and oxygen atoms in total. The van der Waals surface area contributed by atoms with Gasteiger partial charge in [0.15, 0.2) is 17.3 Å². The van der Waals surface area contributed by atoms with E-state index in [9.17, 15) is 18.4 Å². The fraction of sp³-hybridized carbons (Fsp3) is 0.353. The van der Waals surface area contributed by atoms with Crippen LogP contribution in [0.4, 0.5) is 8.78 Å². The quantitative estimate of drug-likeness (QED) is 0.918. The Labute approximate surface area is 142 Å². The molecule has 0 bridgehead atoms. The lowest BCUT2D eigenvalue weighted by Crippen LogP contribution is -2.40. The van der Waals surface area contributed by atoms with Crippen molar-refractivity contribution in [2.24, 2.45) is 0 Å². The van der Waals surface area contributed by atoms with Crippen LogP contribution in [-0.2, 0) is 17.6 Å². The molecule has 0 spiro atoms. The number of benzene rings is 1. The van der Waals surface area contributed by atoms with Crippen molar-refractivity contribution in [1.29, 1.82) is 0 Å². The van der Waals surface area contributed by atoms with Crippen molar-refractivity contribution in [3.05, 3.63) is 46.8 Å². The fourth-order valence-electron chi connectivity index (χ4n) is 2.95. The van der Waals surface area contributed by atoms with Crippen molar-refractivity contribution in [1.82, 2.24) is 14.7 Å². The minimum absolute atomic E-state index is 0.160. The molecule has 1 amide bonds. The lowest BCUT2D eigenvalue weighted by molar-refractivity contribution is -0.141. The van der Waals surface area contributed by atoms with Crippen LogP contribution in [0, 0.1) is 11.6 Å². The van der Waals surface area contributed by atoms with E-state index in [1.54, 1.807) is 0 Å². The number of aliphatic carboxylic acids is 1. The number of amides is 1. The molecule has 1 aromatic carbocycles. The summed E-state index contributed by atoms with van der Waals surface area (Å²) in [6.45, 7) is 1.41. The zero-order valence-electron chi connectivity index (χ0n) is 13.8. The number of fused-ring (bicyclic) bond motifs is 1. The van der Waals surface area contributed by atoms with Crippen LogP contribution in [0.1, 0.15) is 35.1 Å². The number of carbonyl (C=O) groups is 2. The van der Waals surface area contributed by atoms with Gasteiger partial charge in [0.05, 0.1) is 5.69 Å². The summed E-state index contributed by atoms with van der Waals surface area (Å²) in [5.74, 6) is -3.58. The van der Waals surface area contributed by atoms with Gasteiger partial charge in [0.2, 0.25) is 0 Å². The van der Waals surface area contributed by atoms with Gasteiger partial charge in [0, 0.05) is 24.4 Å². The van der Waals surface area contributed by atoms with Gasteiger partial charge in [-0.25, -0.2) is 18.3 Å². The maximum Gasteiger partial charge on any atom is 0.326 e. The molecule has 1 unspecified atom stereocenters. The number of hydrogen-bond donors (Lipinski definition) is 1. The van der Waals surface area contributed by atoms with Crippen LogP contribution in [0.25, 0.3) is 5.69 Å². The second-order valence-corrected chi connectivity index (χ2v) is 6.07. The fourth-order valence-corrected chi connectivity index (χ4v) is 2.95. The largest absolute Gasteiger partial charge is 0.480 e. The van der Waals surface area contributed by atoms with Crippen LogP contribution in [0.2, 0.25) is 0 Å². The molecule has 1 aliphatic rings. The smallest absolute Gasteiger partial charge is 0.326 e. The molecule has 25 heavy (non-hydrogen) atoms. The van der Waals surface area contributed by atoms with Gasteiger partial charge in [-0.15, -0.1) is 0 Å². The van der Waals surface area contributed by atoms with Gasteiger partial charge < -0.3 is 10.0 Å². The molecule has 0 fully saturated rings. The summed E-state index contributed by atoms with van der Waals surface area (Å²) < 4.78 is 28.2. The highest BCUT2D eigenvalue weighted by Crippen LogP contribution is 2.29. The molecule has 1 atom stereocenters. The summed E-state index contributed by atoms with van der Waals surface area (Å²) in [6, 6.07) is 2.42. The van der Waals surface area contributed by atoms with Crippen molar-refractivity contribution in [2.45, 2.75) is 32.2 Å². The first-order valence-electron chi connectivity index (χ1n) is 7.87. The number of hydrogen-bond acceptors (Lipinski definition) is 3. The number of carbonyl (C=O) groups excluding carboxylic acids is 1. The van der Waals surface area contributed by atoms with Crippen molar-refractivity contribution in [2.75, 3.05) is 7.05 Å². The van der Waals surface area contributed by atoms with E-state index in [4.69, 9.17) is 5.11 Å². The van der Waals surface area contributed by atoms with Gasteiger partial charge in [-0.2, -0.15) is 5.10 Å². The van der Waals surface area contributed by atoms with Crippen molar-refractivity contribution in [3.8, 4) is 5.69 Å². The number of aromatic nitrogens is 2. The van der Waals surface area contributed by atoms with E-state index >= 15 is 0 Å². The lowest BCUT2D eigenvalue weighted by atomic mass is 10.1. The van der Waals surface area contributed by atoms with Crippen LogP contribution >= 0.6 is 0 Å². The summed E-state index contributed by atoms with van der Waals surface area (Å²) >= 11 is 0. The van der Waals surface area contributed by atoms with Crippen LogP contribution < -0.4 is 0 Å². The first kappa shape index (κ1) is 17.1. The van der Waals surface area contributed by atoms with Crippen LogP contribution in [-0.4, -0.2) is 44.8 Å². The van der Waals surface area contributed by atoms with Gasteiger partial charge in [0.1, 0.15) is 6.04 Å². The molecule has 1 aromatic heterocycles. The number of carboxylic acid groups (broad SMARTS) is 1. The summed E-state index contributed by atoms with van der Waals surface area (Å²) in [7, 11) is 1.40. The van der Waals surface area contributed by atoms with E-state index in [1.807, 2.05) is 0 Å². The molecule has 0 saturated heterocycles. The molecule has 0 aliphatic heterocycles. The average Bonchev–Trinajstić information content (AvgIpc) is 3.17. The second kappa shape index (κ2) is 6.27. The maximum atomic E-state index is 13.5. The van der Waals surface area contributed by atoms with E-state index in [0.717, 1.165) is 34.7 Å². The molecular weight excluding hydrogens is 332 g/mol. The topological polar surface area (TPSA) is 75.4 Å². The first-order chi connectivity index (χ1) is 11.8. The number of halogens is 2. The Morgan fingerprint density at radius 3 is 2.64 bits per heavy atom. The van der Waals surface area contributed by atoms with E-state index in [1.165, 1.54) is 24.7 Å². The SMILES string of the molecule is CC(C(=O)O)N(C)C(=O)c1nn(-c2ccc(F)c(F)c2)c2c1CCC2. The summed E-state index contributed by atoms with van der Waals surface area (Å²) in [5.41, 5.74) is 1.99. The molecule has 1 N–H and O–H groups in total. The lowest BCUT2D eigenvalue weighted by Gasteiger charge is -2.20. The highest BCUT2D eigenvalue weighted by molar-refractivity contribution is 5.96. The van der Waals surface area contributed by atoms with Crippen molar-refractivity contribution >= 4 is 11.9 Å². The molecule has 1 heterocycles. The highest BCUT2D eigenvalue weighted by Gasteiger charge is 2.31. The van der Waals surface area contributed by atoms with Gasteiger partial charge in [0.25, 0.3) is 5.91 Å². The number of carboxylic acids is 1. The zero-order valence-corrected chi connectivity index (χ0v) is 13.8. The summed E-state index contributed by atoms with van der Waals surface area (Å²) in [6.07, 6.45) is 2.11. The van der Waals surface area contributed by atoms with Gasteiger partial charge >= 0.3 is 5.97 Å². The Balaban J connectivity index is 2.04. The third-order valence-electron chi connectivity index (χ3n) is 4.54. The van der Waals surface area contributed by atoms with E-state index in [0.29, 0.717) is 18.5 Å². The maximum absolute atomic E-state index is 13.5. The third kappa shape index (κ3) is 2.88. The molecule has 3 rings (SSSR count). The predicted octanol–water partition coefficient (Wildman–Crippen LogP) is 2.18. The zero-order chi connectivity index (χ0) is 18.3. The Bertz CT molecular complexity index is 863. The van der Waals surface area contributed by atoms with Crippen LogP contribution in [0.3, 0.4) is 0 Å².